The van der Waals surface area contributed by atoms with Gasteiger partial charge >= 0.3 is 5.69 Å². The number of thiazole rings is 1. The highest BCUT2D eigenvalue weighted by Crippen LogP contribution is 2.33. The van der Waals surface area contributed by atoms with Gasteiger partial charge in [0.05, 0.1) is 9.93 Å². The lowest BCUT2D eigenvalue weighted by Crippen LogP contribution is -2.38. The Balaban J connectivity index is 1.23. The van der Waals surface area contributed by atoms with Crippen LogP contribution in [0.5, 0.6) is 0 Å². The van der Waals surface area contributed by atoms with Gasteiger partial charge < -0.3 is 14.7 Å². The quantitative estimate of drug-likeness (QED) is 0.257. The van der Waals surface area contributed by atoms with Crippen molar-refractivity contribution in [1.29, 1.82) is 0 Å². The van der Waals surface area contributed by atoms with Gasteiger partial charge in [0.15, 0.2) is 0 Å². The van der Waals surface area contributed by atoms with Gasteiger partial charge in [0.2, 0.25) is 5.82 Å². The molecule has 12 heteroatoms. The number of nitrogens with zero attached hydrogens (tertiary/aromatic N) is 4. The maximum absolute atomic E-state index is 13.6. The van der Waals surface area contributed by atoms with Crippen LogP contribution in [0, 0.1) is 22.9 Å². The van der Waals surface area contributed by atoms with Gasteiger partial charge in [-0.05, 0) is 31.9 Å². The van der Waals surface area contributed by atoms with Crippen molar-refractivity contribution < 1.29 is 23.4 Å². The van der Waals surface area contributed by atoms with E-state index < -0.39 is 22.3 Å². The monoisotopic (exact) mass is 535 g/mol. The van der Waals surface area contributed by atoms with Gasteiger partial charge in [-0.2, -0.15) is 4.39 Å². The number of hydrogen-bond acceptors (Lipinski definition) is 8. The van der Waals surface area contributed by atoms with E-state index in [4.69, 9.17) is 4.52 Å². The number of piperidine rings is 1. The summed E-state index contributed by atoms with van der Waals surface area (Å²) in [4.78, 5) is 42.3. The maximum Gasteiger partial charge on any atom is 0.306 e. The summed E-state index contributed by atoms with van der Waals surface area (Å²) >= 11 is 1.35. The van der Waals surface area contributed by atoms with Gasteiger partial charge in [-0.1, -0.05) is 35.5 Å². The fourth-order valence-electron chi connectivity index (χ4n) is 4.41. The van der Waals surface area contributed by atoms with Crippen molar-refractivity contribution in [1.82, 2.24) is 15.0 Å². The molecule has 38 heavy (non-hydrogen) atoms. The number of halogens is 1. The van der Waals surface area contributed by atoms with Crippen LogP contribution in [0.25, 0.3) is 11.3 Å². The lowest BCUT2D eigenvalue weighted by molar-refractivity contribution is -0.387. The Morgan fingerprint density at radius 2 is 1.92 bits per heavy atom. The summed E-state index contributed by atoms with van der Waals surface area (Å²) in [6.45, 7) is 2.76. The molecule has 3 heterocycles. The molecule has 5 rings (SSSR count). The van der Waals surface area contributed by atoms with Gasteiger partial charge in [0.25, 0.3) is 11.8 Å². The van der Waals surface area contributed by atoms with E-state index in [1.54, 1.807) is 17.2 Å². The van der Waals surface area contributed by atoms with Gasteiger partial charge in [0.1, 0.15) is 22.7 Å². The number of benzene rings is 2. The largest absolute Gasteiger partial charge is 0.360 e. The van der Waals surface area contributed by atoms with E-state index >= 15 is 0 Å². The SMILES string of the molecule is Cc1onc(-c2ccccc2)c1C(=O)N1CCC(c2nc(C(=O)Nc3ccc(F)c([N+](=O)[O-])c3)cs2)CC1. The molecule has 2 aromatic heterocycles. The molecule has 1 fully saturated rings. The highest BCUT2D eigenvalue weighted by atomic mass is 32.1. The molecule has 0 aliphatic carbocycles. The molecule has 1 aliphatic rings. The molecule has 194 valence electrons. The Morgan fingerprint density at radius 1 is 1.18 bits per heavy atom. The summed E-state index contributed by atoms with van der Waals surface area (Å²) in [5.74, 6) is -1.11. The lowest BCUT2D eigenvalue weighted by atomic mass is 9.96. The van der Waals surface area contributed by atoms with Crippen LogP contribution < -0.4 is 5.32 Å². The fourth-order valence-corrected chi connectivity index (χ4v) is 5.38. The van der Waals surface area contributed by atoms with Crippen LogP contribution in [-0.2, 0) is 0 Å². The topological polar surface area (TPSA) is 131 Å². The molecule has 0 spiro atoms. The zero-order chi connectivity index (χ0) is 26.8. The first-order valence-corrected chi connectivity index (χ1v) is 12.7. The summed E-state index contributed by atoms with van der Waals surface area (Å²) in [7, 11) is 0. The number of aryl methyl sites for hydroxylation is 1. The first kappa shape index (κ1) is 25.2. The number of carbonyl (C=O) groups excluding carboxylic acids is 2. The molecule has 0 bridgehead atoms. The van der Waals surface area contributed by atoms with Crippen molar-refractivity contribution in [3.8, 4) is 11.3 Å². The van der Waals surface area contributed by atoms with Crippen LogP contribution >= 0.6 is 11.3 Å². The van der Waals surface area contributed by atoms with Gasteiger partial charge in [-0.25, -0.2) is 4.98 Å². The number of anilines is 1. The van der Waals surface area contributed by atoms with Crippen molar-refractivity contribution in [3.05, 3.63) is 91.9 Å². The molecule has 0 radical (unpaired) electrons. The minimum Gasteiger partial charge on any atom is -0.360 e. The second kappa shape index (κ2) is 10.5. The number of amides is 2. The molecule has 2 amide bonds. The van der Waals surface area contributed by atoms with Crippen LogP contribution in [0.15, 0.2) is 58.4 Å². The minimum absolute atomic E-state index is 0.0784. The van der Waals surface area contributed by atoms with Gasteiger partial charge in [0, 0.05) is 41.7 Å². The predicted molar refractivity (Wildman–Crippen MR) is 138 cm³/mol. The Kier molecular flexibility index (Phi) is 6.97. The van der Waals surface area contributed by atoms with E-state index in [-0.39, 0.29) is 23.2 Å². The van der Waals surface area contributed by atoms with E-state index in [2.05, 4.69) is 15.5 Å². The second-order valence-electron chi connectivity index (χ2n) is 8.84. The van der Waals surface area contributed by atoms with Crippen molar-refractivity contribution in [2.75, 3.05) is 18.4 Å². The Bertz CT molecular complexity index is 1510. The highest BCUT2D eigenvalue weighted by Gasteiger charge is 2.31. The van der Waals surface area contributed by atoms with E-state index in [0.29, 0.717) is 42.9 Å². The molecule has 10 nitrogen and oxygen atoms in total. The number of nitro groups is 1. The second-order valence-corrected chi connectivity index (χ2v) is 9.73. The molecule has 1 N–H and O–H groups in total. The Hall–Kier alpha value is -4.45. The average Bonchev–Trinajstić information content (AvgIpc) is 3.57. The number of likely N-dealkylation sites (tertiary alicyclic amines) is 1. The van der Waals surface area contributed by atoms with E-state index in [0.717, 1.165) is 22.7 Å². The number of nitrogens with one attached hydrogen (secondary N) is 1. The molecule has 0 atom stereocenters. The summed E-state index contributed by atoms with van der Waals surface area (Å²) < 4.78 is 18.9. The van der Waals surface area contributed by atoms with Crippen LogP contribution in [0.1, 0.15) is 50.4 Å². The normalized spacial score (nSPS) is 13.9. The third-order valence-electron chi connectivity index (χ3n) is 6.41. The molecular formula is C26H22FN5O5S. The Labute approximate surface area is 220 Å². The number of nitro benzene ring substituents is 1. The first-order valence-electron chi connectivity index (χ1n) is 11.8. The zero-order valence-electron chi connectivity index (χ0n) is 20.2. The minimum atomic E-state index is -0.982. The summed E-state index contributed by atoms with van der Waals surface area (Å²) in [5.41, 5.74) is 1.35. The molecular weight excluding hydrogens is 513 g/mol. The van der Waals surface area contributed by atoms with Crippen LogP contribution in [0.2, 0.25) is 0 Å². The number of aromatic nitrogens is 2. The Morgan fingerprint density at radius 3 is 2.63 bits per heavy atom. The van der Waals surface area contributed by atoms with E-state index in [1.807, 2.05) is 30.3 Å². The van der Waals surface area contributed by atoms with Crippen molar-refractivity contribution >= 4 is 34.5 Å². The molecule has 1 saturated heterocycles. The molecule has 1 aliphatic heterocycles. The van der Waals surface area contributed by atoms with E-state index in [1.165, 1.54) is 17.4 Å². The standard InChI is InChI=1S/C26H22FN5O5S/c1-15-22(23(30-37-15)16-5-3-2-4-6-16)26(34)31-11-9-17(10-12-31)25-29-20(14-38-25)24(33)28-18-7-8-19(27)21(13-18)32(35)36/h2-8,13-14,17H,9-12H2,1H3,(H,28,33). The maximum atomic E-state index is 13.6. The average molecular weight is 536 g/mol. The van der Waals surface area contributed by atoms with Gasteiger partial charge in [-0.3, -0.25) is 19.7 Å². The third kappa shape index (κ3) is 5.02. The third-order valence-corrected chi connectivity index (χ3v) is 7.42. The lowest BCUT2D eigenvalue weighted by Gasteiger charge is -2.31. The van der Waals surface area contributed by atoms with Crippen molar-refractivity contribution in [3.63, 3.8) is 0 Å². The summed E-state index contributed by atoms with van der Waals surface area (Å²) in [6, 6.07) is 12.6. The predicted octanol–water partition coefficient (Wildman–Crippen LogP) is 5.43. The summed E-state index contributed by atoms with van der Waals surface area (Å²) in [5, 5.41) is 20.0. The highest BCUT2D eigenvalue weighted by molar-refractivity contribution is 7.10. The van der Waals surface area contributed by atoms with Crippen LogP contribution in [-0.4, -0.2) is 44.9 Å². The van der Waals surface area contributed by atoms with Crippen molar-refractivity contribution in [2.24, 2.45) is 0 Å². The number of carbonyl (C=O) groups is 2. The number of rotatable bonds is 6. The van der Waals surface area contributed by atoms with Gasteiger partial charge in [-0.15, -0.1) is 11.3 Å². The van der Waals surface area contributed by atoms with Crippen LogP contribution in [0.4, 0.5) is 15.8 Å². The fraction of sp³-hybridized carbons (Fsp3) is 0.231. The summed E-state index contributed by atoms with van der Waals surface area (Å²) in [6.07, 6.45) is 1.35. The van der Waals surface area contributed by atoms with Crippen molar-refractivity contribution in [2.45, 2.75) is 25.7 Å². The molecule has 4 aromatic rings. The first-order chi connectivity index (χ1) is 18.3. The molecule has 2 aromatic carbocycles. The zero-order valence-corrected chi connectivity index (χ0v) is 21.0. The smallest absolute Gasteiger partial charge is 0.306 e. The van der Waals surface area contributed by atoms with Crippen LogP contribution in [0.3, 0.4) is 0 Å². The molecule has 0 unspecified atom stereocenters. The number of hydrogen-bond donors (Lipinski definition) is 1. The van der Waals surface area contributed by atoms with E-state index in [9.17, 15) is 24.1 Å². The molecule has 0 saturated carbocycles.